The number of rotatable bonds is 20. The molecule has 1 aromatic carbocycles. The topological polar surface area (TPSA) is 85.7 Å². The van der Waals surface area contributed by atoms with Gasteiger partial charge in [0.15, 0.2) is 0 Å². The number of unbranched alkanes of at least 4 members (excludes halogenated alkanes) is 7. The molecule has 0 heterocycles. The number of azide groups is 1. The number of ether oxygens (including phenoxy) is 1. The highest BCUT2D eigenvalue weighted by molar-refractivity contribution is 6.60. The Hall–Kier alpha value is -1.57. The van der Waals surface area contributed by atoms with Crippen LogP contribution in [-0.4, -0.2) is 35.2 Å². The predicted octanol–water partition coefficient (Wildman–Crippen LogP) is 7.04. The Kier molecular flexibility index (Phi) is 16.0. The number of benzene rings is 1. The van der Waals surface area contributed by atoms with Crippen molar-refractivity contribution >= 4 is 8.80 Å². The number of hydrogen-bond acceptors (Lipinski definition) is 5. The molecular formula is C23H41N3O4Si. The van der Waals surface area contributed by atoms with Gasteiger partial charge in [-0.25, -0.2) is 0 Å². The van der Waals surface area contributed by atoms with E-state index in [0.29, 0.717) is 26.4 Å². The molecule has 1 rings (SSSR count). The molecule has 0 amide bonds. The first-order chi connectivity index (χ1) is 15.2. The van der Waals surface area contributed by atoms with Gasteiger partial charge in [-0.05, 0) is 56.8 Å². The second-order valence-corrected chi connectivity index (χ2v) is 10.2. The van der Waals surface area contributed by atoms with Gasteiger partial charge in [-0.15, -0.1) is 0 Å². The van der Waals surface area contributed by atoms with E-state index in [4.69, 9.17) is 23.5 Å². The van der Waals surface area contributed by atoms with E-state index < -0.39 is 8.80 Å². The van der Waals surface area contributed by atoms with Gasteiger partial charge in [0.25, 0.3) is 0 Å². The van der Waals surface area contributed by atoms with Crippen LogP contribution in [0.25, 0.3) is 10.4 Å². The maximum absolute atomic E-state index is 8.35. The van der Waals surface area contributed by atoms with Crippen molar-refractivity contribution in [1.29, 1.82) is 0 Å². The monoisotopic (exact) mass is 451 g/mol. The molecule has 0 saturated heterocycles. The predicted molar refractivity (Wildman–Crippen MR) is 127 cm³/mol. The fraction of sp³-hybridized carbons (Fsp3) is 0.739. The van der Waals surface area contributed by atoms with Crippen LogP contribution in [0.15, 0.2) is 29.4 Å². The Bertz CT molecular complexity index is 592. The molecular weight excluding hydrogens is 410 g/mol. The molecule has 176 valence electrons. The summed E-state index contributed by atoms with van der Waals surface area (Å²) in [5.41, 5.74) is 9.34. The van der Waals surface area contributed by atoms with Crippen LogP contribution in [0.2, 0.25) is 6.04 Å². The summed E-state index contributed by atoms with van der Waals surface area (Å²) in [4.78, 5) is 2.77. The van der Waals surface area contributed by atoms with Crippen molar-refractivity contribution in [1.82, 2.24) is 0 Å². The molecule has 0 aliphatic carbocycles. The molecule has 0 N–H and O–H groups in total. The van der Waals surface area contributed by atoms with Crippen LogP contribution < -0.4 is 4.74 Å². The fourth-order valence-corrected chi connectivity index (χ4v) is 6.19. The molecule has 7 nitrogen and oxygen atoms in total. The van der Waals surface area contributed by atoms with Gasteiger partial charge in [0.1, 0.15) is 5.75 Å². The van der Waals surface area contributed by atoms with Gasteiger partial charge in [-0.1, -0.05) is 55.8 Å². The van der Waals surface area contributed by atoms with Gasteiger partial charge in [0.2, 0.25) is 0 Å². The van der Waals surface area contributed by atoms with E-state index in [1.165, 1.54) is 38.5 Å². The second kappa shape index (κ2) is 18.0. The van der Waals surface area contributed by atoms with Gasteiger partial charge >= 0.3 is 8.80 Å². The highest BCUT2D eigenvalue weighted by atomic mass is 28.4. The minimum atomic E-state index is -2.46. The SMILES string of the molecule is CCO[Si](CCCCCCCCCCOc1ccc(CN=[N+]=[N-])cc1)(OCC)OCC. The molecule has 0 bridgehead atoms. The standard InChI is InChI=1S/C23H41N3O4Si/c1-4-28-31(29-5-2,30-6-3)20-14-12-10-8-7-9-11-13-19-27-23-17-15-22(16-18-23)21-25-26-24/h15-18H,4-14,19-21H2,1-3H3. The van der Waals surface area contributed by atoms with E-state index in [9.17, 15) is 0 Å². The molecule has 0 fully saturated rings. The van der Waals surface area contributed by atoms with Crippen LogP contribution >= 0.6 is 0 Å². The first kappa shape index (κ1) is 27.5. The zero-order valence-corrected chi connectivity index (χ0v) is 20.7. The summed E-state index contributed by atoms with van der Waals surface area (Å²) in [6.07, 6.45) is 9.66. The smallest absolute Gasteiger partial charge is 0.494 e. The quantitative estimate of drug-likeness (QED) is 0.0699. The summed E-state index contributed by atoms with van der Waals surface area (Å²) in [7, 11) is -2.46. The van der Waals surface area contributed by atoms with Crippen molar-refractivity contribution in [2.24, 2.45) is 5.11 Å². The highest BCUT2D eigenvalue weighted by Crippen LogP contribution is 2.21. The molecule has 0 saturated carbocycles. The molecule has 0 radical (unpaired) electrons. The minimum absolute atomic E-state index is 0.380. The summed E-state index contributed by atoms with van der Waals surface area (Å²) in [6, 6.07) is 8.67. The fourth-order valence-electron chi connectivity index (χ4n) is 3.50. The van der Waals surface area contributed by atoms with E-state index >= 15 is 0 Å². The lowest BCUT2D eigenvalue weighted by Gasteiger charge is -2.28. The minimum Gasteiger partial charge on any atom is -0.494 e. The summed E-state index contributed by atoms with van der Waals surface area (Å²) in [5, 5.41) is 3.56. The average Bonchev–Trinajstić information content (AvgIpc) is 2.77. The number of nitrogens with zero attached hydrogens (tertiary/aromatic N) is 3. The van der Waals surface area contributed by atoms with Gasteiger partial charge in [-0.3, -0.25) is 0 Å². The summed E-state index contributed by atoms with van der Waals surface area (Å²) >= 11 is 0. The molecule has 1 aromatic rings. The normalized spacial score (nSPS) is 11.3. The van der Waals surface area contributed by atoms with Crippen LogP contribution in [0, 0.1) is 0 Å². The van der Waals surface area contributed by atoms with Crippen LogP contribution in [-0.2, 0) is 19.8 Å². The molecule has 8 heteroatoms. The van der Waals surface area contributed by atoms with Crippen molar-refractivity contribution in [3.05, 3.63) is 40.3 Å². The zero-order chi connectivity index (χ0) is 22.6. The largest absolute Gasteiger partial charge is 0.500 e. The van der Waals surface area contributed by atoms with Crippen molar-refractivity contribution < 1.29 is 18.0 Å². The van der Waals surface area contributed by atoms with Crippen LogP contribution in [0.5, 0.6) is 5.75 Å². The Morgan fingerprint density at radius 3 is 1.81 bits per heavy atom. The molecule has 0 unspecified atom stereocenters. The summed E-state index contributed by atoms with van der Waals surface area (Å²) in [5.74, 6) is 0.871. The van der Waals surface area contributed by atoms with E-state index in [1.54, 1.807) is 0 Å². The Morgan fingerprint density at radius 2 is 1.29 bits per heavy atom. The maximum Gasteiger partial charge on any atom is 0.500 e. The highest BCUT2D eigenvalue weighted by Gasteiger charge is 2.39. The first-order valence-electron chi connectivity index (χ1n) is 11.8. The lowest BCUT2D eigenvalue weighted by molar-refractivity contribution is 0.0706. The lowest BCUT2D eigenvalue weighted by atomic mass is 10.1. The van der Waals surface area contributed by atoms with Crippen molar-refractivity contribution in [3.63, 3.8) is 0 Å². The van der Waals surface area contributed by atoms with E-state index in [-0.39, 0.29) is 0 Å². The first-order valence-corrected chi connectivity index (χ1v) is 13.8. The molecule has 31 heavy (non-hydrogen) atoms. The molecule has 0 aliphatic rings. The number of hydrogen-bond donors (Lipinski definition) is 0. The Morgan fingerprint density at radius 1 is 0.774 bits per heavy atom. The van der Waals surface area contributed by atoms with Crippen molar-refractivity contribution in [2.75, 3.05) is 26.4 Å². The maximum atomic E-state index is 8.35. The second-order valence-electron chi connectivity index (χ2n) is 7.44. The van der Waals surface area contributed by atoms with Gasteiger partial charge < -0.3 is 18.0 Å². The third-order valence-electron chi connectivity index (χ3n) is 4.98. The molecule has 0 atom stereocenters. The third-order valence-corrected chi connectivity index (χ3v) is 8.13. The molecule has 0 spiro atoms. The molecule has 0 aromatic heterocycles. The van der Waals surface area contributed by atoms with Crippen LogP contribution in [0.1, 0.15) is 77.7 Å². The van der Waals surface area contributed by atoms with Crippen LogP contribution in [0.3, 0.4) is 0 Å². The van der Waals surface area contributed by atoms with Gasteiger partial charge in [-0.2, -0.15) is 0 Å². The van der Waals surface area contributed by atoms with Gasteiger partial charge in [0.05, 0.1) is 13.2 Å². The zero-order valence-electron chi connectivity index (χ0n) is 19.7. The third kappa shape index (κ3) is 12.8. The summed E-state index contributed by atoms with van der Waals surface area (Å²) < 4.78 is 23.5. The van der Waals surface area contributed by atoms with Crippen LogP contribution in [0.4, 0.5) is 0 Å². The summed E-state index contributed by atoms with van der Waals surface area (Å²) in [6.45, 7) is 9.11. The Labute approximate surface area is 189 Å². The Balaban J connectivity index is 2.04. The van der Waals surface area contributed by atoms with Gasteiger partial charge in [0, 0.05) is 30.8 Å². The lowest BCUT2D eigenvalue weighted by Crippen LogP contribution is -2.45. The van der Waals surface area contributed by atoms with Crippen molar-refractivity contribution in [3.8, 4) is 5.75 Å². The van der Waals surface area contributed by atoms with Crippen molar-refractivity contribution in [2.45, 2.75) is 84.7 Å². The van der Waals surface area contributed by atoms with E-state index in [2.05, 4.69) is 10.0 Å². The molecule has 0 aliphatic heterocycles. The average molecular weight is 452 g/mol. The van der Waals surface area contributed by atoms with E-state index in [1.807, 2.05) is 45.0 Å². The van der Waals surface area contributed by atoms with E-state index in [0.717, 1.165) is 36.8 Å².